The molecule has 0 heterocycles. The van der Waals surface area contributed by atoms with Crippen LogP contribution >= 0.6 is 0 Å². The van der Waals surface area contributed by atoms with Gasteiger partial charge in [-0.3, -0.25) is 9.59 Å². The van der Waals surface area contributed by atoms with Crippen molar-refractivity contribution in [3.63, 3.8) is 0 Å². The number of ether oxygens (including phenoxy) is 2. The predicted octanol–water partition coefficient (Wildman–Crippen LogP) is 12.2. The standard InChI is InChI=1S/C46H74O4/c1-32(2)15-14-16-33(3)40-22-23-41-38-21-20-36-31-37(24-26-45(36,4)42(38)25-27-46(40,41)5)50-43(47)17-12-10-8-6-7-9-11-13-28-49-44(48)39-30-34-18-19-35(39)29-34/h18-20,32-35,37-42H,6-17,21-31H2,1-5H3/t33-,34?,35?,37?,38+,39?,40-,41+,42+,45+,46-/m1/s1. The van der Waals surface area contributed by atoms with Gasteiger partial charge in [-0.15, -0.1) is 0 Å². The first kappa shape index (κ1) is 38.2. The van der Waals surface area contributed by atoms with E-state index in [1.54, 1.807) is 5.57 Å². The van der Waals surface area contributed by atoms with Crippen LogP contribution in [0.5, 0.6) is 0 Å². The van der Waals surface area contributed by atoms with Crippen molar-refractivity contribution in [3.05, 3.63) is 23.8 Å². The minimum Gasteiger partial charge on any atom is -0.465 e. The quantitative estimate of drug-likeness (QED) is 0.0816. The van der Waals surface area contributed by atoms with Crippen molar-refractivity contribution < 1.29 is 19.1 Å². The van der Waals surface area contributed by atoms with Crippen LogP contribution in [0.3, 0.4) is 0 Å². The van der Waals surface area contributed by atoms with E-state index in [1.807, 2.05) is 0 Å². The summed E-state index contributed by atoms with van der Waals surface area (Å²) in [5.74, 6) is 6.42. The summed E-state index contributed by atoms with van der Waals surface area (Å²) in [6, 6.07) is 0. The Kier molecular flexibility index (Phi) is 13.0. The molecule has 0 radical (unpaired) electrons. The molecule has 6 aliphatic rings. The number of carbonyl (C=O) groups is 2. The fourth-order valence-electron chi connectivity index (χ4n) is 12.8. The van der Waals surface area contributed by atoms with E-state index in [0.29, 0.717) is 35.7 Å². The van der Waals surface area contributed by atoms with Crippen LogP contribution in [0.15, 0.2) is 23.8 Å². The summed E-state index contributed by atoms with van der Waals surface area (Å²) in [6.45, 7) is 13.2. The highest BCUT2D eigenvalue weighted by Gasteiger charge is 2.59. The zero-order valence-corrected chi connectivity index (χ0v) is 32.9. The minimum atomic E-state index is 0.0248. The number of esters is 2. The van der Waals surface area contributed by atoms with Crippen LogP contribution in [0.1, 0.15) is 176 Å². The maximum Gasteiger partial charge on any atom is 0.309 e. The first-order valence-electron chi connectivity index (χ1n) is 21.8. The second-order valence-electron chi connectivity index (χ2n) is 19.3. The van der Waals surface area contributed by atoms with Gasteiger partial charge < -0.3 is 9.47 Å². The zero-order chi connectivity index (χ0) is 35.3. The average molecular weight is 691 g/mol. The Morgan fingerprint density at radius 1 is 0.820 bits per heavy atom. The van der Waals surface area contributed by atoms with Crippen molar-refractivity contribution >= 4 is 11.9 Å². The molecule has 0 spiro atoms. The molecule has 4 saturated carbocycles. The van der Waals surface area contributed by atoms with Crippen molar-refractivity contribution in [2.45, 2.75) is 182 Å². The Morgan fingerprint density at radius 2 is 1.58 bits per heavy atom. The molecule has 50 heavy (non-hydrogen) atoms. The van der Waals surface area contributed by atoms with E-state index in [0.717, 1.165) is 86.9 Å². The summed E-state index contributed by atoms with van der Waals surface area (Å²) in [7, 11) is 0. The zero-order valence-electron chi connectivity index (χ0n) is 32.9. The van der Waals surface area contributed by atoms with E-state index in [2.05, 4.69) is 52.8 Å². The monoisotopic (exact) mass is 691 g/mol. The van der Waals surface area contributed by atoms with Crippen LogP contribution in [0.2, 0.25) is 0 Å². The fourth-order valence-corrected chi connectivity index (χ4v) is 12.8. The Balaban J connectivity index is 0.834. The smallest absolute Gasteiger partial charge is 0.309 e. The van der Waals surface area contributed by atoms with E-state index in [9.17, 15) is 9.59 Å². The summed E-state index contributed by atoms with van der Waals surface area (Å²) in [5.41, 5.74) is 2.47. The highest BCUT2D eigenvalue weighted by molar-refractivity contribution is 5.74. The lowest BCUT2D eigenvalue weighted by molar-refractivity contribution is -0.152. The number of allylic oxidation sites excluding steroid dienone is 3. The Morgan fingerprint density at radius 3 is 2.30 bits per heavy atom. The lowest BCUT2D eigenvalue weighted by atomic mass is 9.47. The van der Waals surface area contributed by atoms with Gasteiger partial charge >= 0.3 is 11.9 Å². The first-order chi connectivity index (χ1) is 24.1. The predicted molar refractivity (Wildman–Crippen MR) is 204 cm³/mol. The van der Waals surface area contributed by atoms with Gasteiger partial charge in [0.1, 0.15) is 6.10 Å². The van der Waals surface area contributed by atoms with Crippen molar-refractivity contribution in [2.75, 3.05) is 6.61 Å². The van der Waals surface area contributed by atoms with Crippen LogP contribution in [0, 0.1) is 64.1 Å². The van der Waals surface area contributed by atoms with Gasteiger partial charge in [-0.05, 0) is 129 Å². The van der Waals surface area contributed by atoms with Gasteiger partial charge in [-0.2, -0.15) is 0 Å². The number of carbonyl (C=O) groups excluding carboxylic acids is 2. The molecule has 0 aromatic carbocycles. The van der Waals surface area contributed by atoms with Crippen molar-refractivity contribution in [2.24, 2.45) is 64.1 Å². The van der Waals surface area contributed by atoms with Gasteiger partial charge in [0, 0.05) is 12.8 Å². The molecule has 0 aromatic rings. The molecule has 4 heteroatoms. The second-order valence-corrected chi connectivity index (χ2v) is 19.3. The number of fused-ring (bicyclic) bond motifs is 7. The van der Waals surface area contributed by atoms with E-state index < -0.39 is 0 Å². The average Bonchev–Trinajstić information content (AvgIpc) is 3.82. The van der Waals surface area contributed by atoms with Crippen LogP contribution in [-0.2, 0) is 19.1 Å². The molecule has 6 rings (SSSR count). The van der Waals surface area contributed by atoms with Crippen LogP contribution < -0.4 is 0 Å². The second kappa shape index (κ2) is 17.0. The van der Waals surface area contributed by atoms with Crippen molar-refractivity contribution in [3.8, 4) is 0 Å². The third-order valence-corrected chi connectivity index (χ3v) is 15.7. The van der Waals surface area contributed by atoms with Gasteiger partial charge in [0.25, 0.3) is 0 Å². The Labute approximate surface area is 306 Å². The summed E-state index contributed by atoms with van der Waals surface area (Å²) in [6.07, 6.45) is 33.3. The topological polar surface area (TPSA) is 52.6 Å². The van der Waals surface area contributed by atoms with E-state index in [4.69, 9.17) is 9.47 Å². The highest BCUT2D eigenvalue weighted by atomic mass is 16.5. The van der Waals surface area contributed by atoms with Gasteiger partial charge in [-0.1, -0.05) is 116 Å². The molecule has 11 atom stereocenters. The van der Waals surface area contributed by atoms with E-state index in [1.165, 1.54) is 83.5 Å². The van der Waals surface area contributed by atoms with Crippen LogP contribution in [0.4, 0.5) is 0 Å². The molecule has 2 bridgehead atoms. The molecule has 4 unspecified atom stereocenters. The fraction of sp³-hybridized carbons (Fsp3) is 0.870. The third-order valence-electron chi connectivity index (χ3n) is 15.7. The van der Waals surface area contributed by atoms with Crippen LogP contribution in [0.25, 0.3) is 0 Å². The van der Waals surface area contributed by atoms with Gasteiger partial charge in [0.05, 0.1) is 12.5 Å². The molecule has 0 N–H and O–H groups in total. The molecule has 282 valence electrons. The molecular weight excluding hydrogens is 617 g/mol. The molecule has 0 saturated heterocycles. The molecule has 6 aliphatic carbocycles. The van der Waals surface area contributed by atoms with E-state index in [-0.39, 0.29) is 24.0 Å². The maximum absolute atomic E-state index is 12.8. The molecule has 4 nitrogen and oxygen atoms in total. The Hall–Kier alpha value is -1.58. The summed E-state index contributed by atoms with van der Waals surface area (Å²) in [5, 5.41) is 0. The van der Waals surface area contributed by atoms with Gasteiger partial charge in [0.15, 0.2) is 0 Å². The number of hydrogen-bond donors (Lipinski definition) is 0. The minimum absolute atomic E-state index is 0.0248. The maximum atomic E-state index is 12.8. The highest BCUT2D eigenvalue weighted by Crippen LogP contribution is 2.67. The Bertz CT molecular complexity index is 1200. The molecule has 4 fully saturated rings. The SMILES string of the molecule is CC(C)CCC[C@@H](C)[C@H]1CC[C@H]2[C@@H]3CC=C4CC(OC(=O)CCCCCCCCCCOC(=O)C5CC6C=CC5C6)CC[C@]4(C)[C@H]3CC[C@]12C. The number of rotatable bonds is 18. The molecule has 0 amide bonds. The first-order valence-corrected chi connectivity index (χ1v) is 21.8. The summed E-state index contributed by atoms with van der Waals surface area (Å²) >= 11 is 0. The molecule has 0 aromatic heterocycles. The normalized spacial score (nSPS) is 37.6. The lowest BCUT2D eigenvalue weighted by Gasteiger charge is -2.58. The van der Waals surface area contributed by atoms with E-state index >= 15 is 0 Å². The largest absolute Gasteiger partial charge is 0.465 e. The van der Waals surface area contributed by atoms with Gasteiger partial charge in [0.2, 0.25) is 0 Å². The van der Waals surface area contributed by atoms with Gasteiger partial charge in [-0.25, -0.2) is 0 Å². The molecule has 0 aliphatic heterocycles. The number of unbranched alkanes of at least 4 members (excludes halogenated alkanes) is 7. The summed E-state index contributed by atoms with van der Waals surface area (Å²) in [4.78, 5) is 25.2. The number of hydrogen-bond acceptors (Lipinski definition) is 4. The van der Waals surface area contributed by atoms with Crippen LogP contribution in [-0.4, -0.2) is 24.6 Å². The van der Waals surface area contributed by atoms with Crippen molar-refractivity contribution in [1.82, 2.24) is 0 Å². The molecular formula is C46H74O4. The summed E-state index contributed by atoms with van der Waals surface area (Å²) < 4.78 is 11.7. The van der Waals surface area contributed by atoms with Crippen molar-refractivity contribution in [1.29, 1.82) is 0 Å². The third kappa shape index (κ3) is 8.62. The lowest BCUT2D eigenvalue weighted by Crippen LogP contribution is -2.51.